The summed E-state index contributed by atoms with van der Waals surface area (Å²) in [7, 11) is -1.43. The molecule has 0 saturated heterocycles. The SMILES string of the molecule is CO/N=C(\C)C1[C@H](O[Si](C)(C)C)CC2C3CC[C@H]4C[C@@H](O[Si](C)(C)C)CCC4(C)C3CCC21C. The van der Waals surface area contributed by atoms with Gasteiger partial charge in [-0.3, -0.25) is 0 Å². The van der Waals surface area contributed by atoms with Crippen LogP contribution in [-0.2, 0) is 13.7 Å². The first-order chi connectivity index (χ1) is 15.7. The van der Waals surface area contributed by atoms with Crippen molar-refractivity contribution in [3.8, 4) is 0 Å². The minimum atomic E-state index is -1.65. The first-order valence-corrected chi connectivity index (χ1v) is 20.9. The molecule has 4 aliphatic rings. The molecule has 0 spiro atoms. The molecular formula is C28H53NO3Si2. The number of fused-ring (bicyclic) bond motifs is 5. The quantitative estimate of drug-likeness (QED) is 0.210. The maximum Gasteiger partial charge on any atom is 0.184 e. The second-order valence-corrected chi connectivity index (χ2v) is 23.6. The predicted octanol–water partition coefficient (Wildman–Crippen LogP) is 7.72. The van der Waals surface area contributed by atoms with Crippen LogP contribution in [0.15, 0.2) is 5.16 Å². The molecule has 4 nitrogen and oxygen atoms in total. The van der Waals surface area contributed by atoms with Crippen LogP contribution in [0.5, 0.6) is 0 Å². The Morgan fingerprint density at radius 3 is 2.06 bits per heavy atom. The molecule has 6 unspecified atom stereocenters. The monoisotopic (exact) mass is 507 g/mol. The van der Waals surface area contributed by atoms with E-state index in [-0.39, 0.29) is 5.41 Å². The van der Waals surface area contributed by atoms with Crippen molar-refractivity contribution in [2.75, 3.05) is 7.11 Å². The fraction of sp³-hybridized carbons (Fsp3) is 0.964. The molecule has 4 fully saturated rings. The lowest BCUT2D eigenvalue weighted by atomic mass is 9.44. The van der Waals surface area contributed by atoms with Gasteiger partial charge in [0.1, 0.15) is 7.11 Å². The molecule has 0 aromatic carbocycles. The second kappa shape index (κ2) is 9.29. The lowest BCUT2D eigenvalue weighted by molar-refractivity contribution is -0.121. The number of rotatable bonds is 6. The number of oxime groups is 1. The molecule has 0 bridgehead atoms. The highest BCUT2D eigenvalue weighted by Crippen LogP contribution is 2.68. The summed E-state index contributed by atoms with van der Waals surface area (Å²) in [6, 6.07) is 0. The molecule has 9 atom stereocenters. The topological polar surface area (TPSA) is 40.0 Å². The predicted molar refractivity (Wildman–Crippen MR) is 147 cm³/mol. The molecule has 6 heteroatoms. The van der Waals surface area contributed by atoms with Crippen LogP contribution >= 0.6 is 0 Å². The summed E-state index contributed by atoms with van der Waals surface area (Å²) in [6.45, 7) is 21.5. The Morgan fingerprint density at radius 2 is 1.44 bits per heavy atom. The molecule has 196 valence electrons. The van der Waals surface area contributed by atoms with E-state index < -0.39 is 16.6 Å². The van der Waals surface area contributed by atoms with Crippen LogP contribution in [0.25, 0.3) is 0 Å². The molecule has 34 heavy (non-hydrogen) atoms. The Balaban J connectivity index is 1.58. The molecule has 0 heterocycles. The second-order valence-electron chi connectivity index (χ2n) is 14.7. The van der Waals surface area contributed by atoms with E-state index in [9.17, 15) is 0 Å². The number of hydrogen-bond acceptors (Lipinski definition) is 4. The molecule has 4 saturated carbocycles. The largest absolute Gasteiger partial charge is 0.415 e. The molecule has 0 N–H and O–H groups in total. The highest BCUT2D eigenvalue weighted by Gasteiger charge is 2.63. The van der Waals surface area contributed by atoms with Gasteiger partial charge in [0, 0.05) is 12.0 Å². The summed E-state index contributed by atoms with van der Waals surface area (Å²) in [5.74, 6) is 3.67. The Kier molecular flexibility index (Phi) is 7.34. The highest BCUT2D eigenvalue weighted by molar-refractivity contribution is 6.70. The van der Waals surface area contributed by atoms with Crippen LogP contribution in [0.1, 0.15) is 72.1 Å². The Morgan fingerprint density at radius 1 is 0.794 bits per heavy atom. The summed E-state index contributed by atoms with van der Waals surface area (Å²) in [6.07, 6.45) is 11.4. The Labute approximate surface area is 212 Å². The van der Waals surface area contributed by atoms with Crippen LogP contribution in [0.2, 0.25) is 39.3 Å². The zero-order chi connectivity index (χ0) is 25.1. The molecule has 0 radical (unpaired) electrons. The fourth-order valence-electron chi connectivity index (χ4n) is 9.33. The zero-order valence-electron chi connectivity index (χ0n) is 23.9. The summed E-state index contributed by atoms with van der Waals surface area (Å²) < 4.78 is 13.5. The maximum atomic E-state index is 6.90. The van der Waals surface area contributed by atoms with Gasteiger partial charge >= 0.3 is 0 Å². The van der Waals surface area contributed by atoms with Crippen LogP contribution in [0.3, 0.4) is 0 Å². The van der Waals surface area contributed by atoms with Crippen LogP contribution in [-0.4, -0.2) is 41.7 Å². The zero-order valence-corrected chi connectivity index (χ0v) is 25.9. The molecule has 0 amide bonds. The molecule has 0 aromatic rings. The number of nitrogens with zero attached hydrogens (tertiary/aromatic N) is 1. The molecule has 0 aromatic heterocycles. The van der Waals surface area contributed by atoms with Gasteiger partial charge < -0.3 is 13.7 Å². The Hall–Kier alpha value is -0.176. The number of hydrogen-bond donors (Lipinski definition) is 0. The first kappa shape index (κ1) is 26.9. The maximum absolute atomic E-state index is 6.90. The van der Waals surface area contributed by atoms with E-state index in [1.807, 2.05) is 0 Å². The smallest absolute Gasteiger partial charge is 0.184 e. The third kappa shape index (κ3) is 4.99. The molecule has 4 rings (SSSR count). The van der Waals surface area contributed by atoms with Gasteiger partial charge in [-0.05, 0) is 132 Å². The van der Waals surface area contributed by atoms with E-state index in [2.05, 4.69) is 65.2 Å². The summed E-state index contributed by atoms with van der Waals surface area (Å²) in [5.41, 5.74) is 1.92. The van der Waals surface area contributed by atoms with Crippen molar-refractivity contribution >= 4 is 22.3 Å². The fourth-order valence-corrected chi connectivity index (χ4v) is 11.7. The highest BCUT2D eigenvalue weighted by atomic mass is 28.4. The van der Waals surface area contributed by atoms with Crippen LogP contribution < -0.4 is 0 Å². The van der Waals surface area contributed by atoms with Crippen molar-refractivity contribution in [3.05, 3.63) is 0 Å². The van der Waals surface area contributed by atoms with Gasteiger partial charge in [0.15, 0.2) is 16.6 Å². The van der Waals surface area contributed by atoms with Gasteiger partial charge in [0.05, 0.1) is 11.8 Å². The standard InChI is InChI=1S/C28H53NO3Si2/c1-19(29-30-4)26-25(32-34(8,9)10)18-24-22-12-11-20-17-21(31-33(5,6)7)13-15-27(20,2)23(22)14-16-28(24,26)3/h20-26H,11-18H2,1-10H3/b29-19+/t20-,21-,22?,23?,24?,25+,26?,27?,28?/m0/s1. The van der Waals surface area contributed by atoms with Gasteiger partial charge in [-0.2, -0.15) is 0 Å². The van der Waals surface area contributed by atoms with Gasteiger partial charge in [0.2, 0.25) is 0 Å². The van der Waals surface area contributed by atoms with Gasteiger partial charge in [-0.1, -0.05) is 19.0 Å². The average Bonchev–Trinajstić information content (AvgIpc) is 2.97. The first-order valence-electron chi connectivity index (χ1n) is 14.1. The van der Waals surface area contributed by atoms with E-state index in [1.54, 1.807) is 7.11 Å². The average molecular weight is 508 g/mol. The van der Waals surface area contributed by atoms with E-state index in [0.29, 0.717) is 23.5 Å². The van der Waals surface area contributed by atoms with Crippen molar-refractivity contribution in [3.63, 3.8) is 0 Å². The summed E-state index contributed by atoms with van der Waals surface area (Å²) in [5, 5.41) is 4.49. The van der Waals surface area contributed by atoms with Crippen molar-refractivity contribution in [2.45, 2.75) is 124 Å². The summed E-state index contributed by atoms with van der Waals surface area (Å²) >= 11 is 0. The van der Waals surface area contributed by atoms with Crippen molar-refractivity contribution in [1.29, 1.82) is 0 Å². The minimum absolute atomic E-state index is 0.277. The third-order valence-electron chi connectivity index (χ3n) is 10.3. The molecule has 4 aliphatic carbocycles. The Bertz CT molecular complexity index is 775. The lowest BCUT2D eigenvalue weighted by Crippen LogP contribution is -2.55. The third-order valence-corrected chi connectivity index (χ3v) is 12.4. The van der Waals surface area contributed by atoms with Crippen LogP contribution in [0.4, 0.5) is 0 Å². The van der Waals surface area contributed by atoms with Crippen molar-refractivity contribution in [1.82, 2.24) is 0 Å². The molecule has 0 aliphatic heterocycles. The van der Waals surface area contributed by atoms with Gasteiger partial charge in [-0.15, -0.1) is 0 Å². The van der Waals surface area contributed by atoms with Crippen molar-refractivity contribution in [2.24, 2.45) is 45.6 Å². The van der Waals surface area contributed by atoms with Crippen molar-refractivity contribution < 1.29 is 13.7 Å². The molecular weight excluding hydrogens is 454 g/mol. The van der Waals surface area contributed by atoms with Gasteiger partial charge in [0.25, 0.3) is 0 Å². The summed E-state index contributed by atoms with van der Waals surface area (Å²) in [4.78, 5) is 5.29. The van der Waals surface area contributed by atoms with E-state index in [0.717, 1.165) is 29.4 Å². The van der Waals surface area contributed by atoms with Crippen LogP contribution in [0, 0.1) is 40.4 Å². The van der Waals surface area contributed by atoms with E-state index in [4.69, 9.17) is 13.7 Å². The lowest BCUT2D eigenvalue weighted by Gasteiger charge is -2.61. The van der Waals surface area contributed by atoms with Gasteiger partial charge in [-0.25, -0.2) is 0 Å². The minimum Gasteiger partial charge on any atom is -0.415 e. The normalized spacial score (nSPS) is 45.4. The van der Waals surface area contributed by atoms with E-state index in [1.165, 1.54) is 51.4 Å². The van der Waals surface area contributed by atoms with E-state index >= 15 is 0 Å².